The van der Waals surface area contributed by atoms with Crippen molar-refractivity contribution in [1.82, 2.24) is 9.97 Å². The van der Waals surface area contributed by atoms with Crippen LogP contribution >= 0.6 is 0 Å². The molecule has 0 N–H and O–H groups in total. The lowest BCUT2D eigenvalue weighted by Crippen LogP contribution is -2.09. The summed E-state index contributed by atoms with van der Waals surface area (Å²) in [5.41, 5.74) is 3.38. The minimum atomic E-state index is -0.278. The van der Waals surface area contributed by atoms with E-state index in [0.29, 0.717) is 24.3 Å². The number of rotatable bonds is 9. The third-order valence-electron chi connectivity index (χ3n) is 5.10. The normalized spacial score (nSPS) is 10.5. The number of carbonyl (C=O) groups excluding carboxylic acids is 2. The van der Waals surface area contributed by atoms with Crippen molar-refractivity contribution in [3.8, 4) is 22.9 Å². The van der Waals surface area contributed by atoms with Crippen LogP contribution in [0.15, 0.2) is 97.3 Å². The fourth-order valence-electron chi connectivity index (χ4n) is 3.28. The Kier molecular flexibility index (Phi) is 7.74. The molecule has 0 radical (unpaired) electrons. The Morgan fingerprint density at radius 1 is 0.559 bits per heavy atom. The Morgan fingerprint density at radius 3 is 1.32 bits per heavy atom. The van der Waals surface area contributed by atoms with Crippen molar-refractivity contribution < 1.29 is 19.1 Å². The van der Waals surface area contributed by atoms with E-state index in [1.165, 1.54) is 0 Å². The zero-order chi connectivity index (χ0) is 23.6. The maximum atomic E-state index is 12.0. The van der Waals surface area contributed by atoms with Gasteiger partial charge in [0.05, 0.1) is 24.2 Å². The maximum absolute atomic E-state index is 12.0. The highest BCUT2D eigenvalue weighted by atomic mass is 16.5. The highest BCUT2D eigenvalue weighted by Crippen LogP contribution is 2.17. The first-order valence-corrected chi connectivity index (χ1v) is 11.1. The van der Waals surface area contributed by atoms with E-state index in [0.717, 1.165) is 22.5 Å². The summed E-state index contributed by atoms with van der Waals surface area (Å²) in [5, 5.41) is 0. The van der Waals surface area contributed by atoms with Crippen LogP contribution in [-0.4, -0.2) is 21.9 Å². The molecule has 0 amide bonds. The minimum Gasteiger partial charge on any atom is -0.427 e. The quantitative estimate of drug-likeness (QED) is 0.256. The van der Waals surface area contributed by atoms with Crippen LogP contribution in [-0.2, 0) is 22.4 Å². The molecule has 0 saturated heterocycles. The Hall–Kier alpha value is -4.32. The second kappa shape index (κ2) is 11.5. The zero-order valence-corrected chi connectivity index (χ0v) is 18.6. The topological polar surface area (TPSA) is 78.4 Å². The van der Waals surface area contributed by atoms with E-state index < -0.39 is 0 Å². The van der Waals surface area contributed by atoms with Gasteiger partial charge >= 0.3 is 11.9 Å². The molecule has 6 heteroatoms. The monoisotopic (exact) mass is 452 g/mol. The number of aryl methyl sites for hydroxylation is 2. The molecule has 4 aromatic rings. The van der Waals surface area contributed by atoms with Crippen LogP contribution in [0.1, 0.15) is 24.0 Å². The Labute approximate surface area is 198 Å². The van der Waals surface area contributed by atoms with Gasteiger partial charge in [0.25, 0.3) is 0 Å². The van der Waals surface area contributed by atoms with Crippen molar-refractivity contribution in [2.75, 3.05) is 0 Å². The van der Waals surface area contributed by atoms with Crippen LogP contribution in [0.4, 0.5) is 0 Å². The maximum Gasteiger partial charge on any atom is 0.311 e. The van der Waals surface area contributed by atoms with Crippen molar-refractivity contribution in [1.29, 1.82) is 0 Å². The molecule has 0 fully saturated rings. The van der Waals surface area contributed by atoms with Crippen molar-refractivity contribution in [3.05, 3.63) is 108 Å². The van der Waals surface area contributed by atoms with Gasteiger partial charge in [0.1, 0.15) is 11.5 Å². The van der Waals surface area contributed by atoms with Crippen LogP contribution < -0.4 is 9.47 Å². The summed E-state index contributed by atoms with van der Waals surface area (Å²) in [6, 6.07) is 25.7. The van der Waals surface area contributed by atoms with Crippen molar-refractivity contribution in [2.24, 2.45) is 0 Å². The van der Waals surface area contributed by atoms with Gasteiger partial charge < -0.3 is 9.47 Å². The molecular weight excluding hydrogens is 428 g/mol. The average Bonchev–Trinajstić information content (AvgIpc) is 2.88. The van der Waals surface area contributed by atoms with Gasteiger partial charge in [-0.05, 0) is 60.4 Å². The first kappa shape index (κ1) is 22.9. The van der Waals surface area contributed by atoms with Crippen molar-refractivity contribution >= 4 is 11.9 Å². The van der Waals surface area contributed by atoms with Crippen molar-refractivity contribution in [3.63, 3.8) is 0 Å². The first-order chi connectivity index (χ1) is 16.7. The standard InChI is InChI=1S/C28H24N2O4/c31-27(33-23-7-3-1-4-8-23)17-13-21-11-15-25(29-19-21)26-16-12-22(20-30-26)14-18-28(32)34-24-9-5-2-6-10-24/h1-12,15-16,19-20H,13-14,17-18H2. The molecule has 0 aliphatic rings. The summed E-state index contributed by atoms with van der Waals surface area (Å²) >= 11 is 0. The smallest absolute Gasteiger partial charge is 0.311 e. The second-order valence-corrected chi connectivity index (χ2v) is 7.68. The molecule has 2 aromatic heterocycles. The molecule has 4 rings (SSSR count). The van der Waals surface area contributed by atoms with Gasteiger partial charge in [-0.1, -0.05) is 48.5 Å². The van der Waals surface area contributed by atoms with E-state index in [9.17, 15) is 9.59 Å². The molecule has 2 heterocycles. The van der Waals surface area contributed by atoms with Crippen LogP contribution in [0.3, 0.4) is 0 Å². The van der Waals surface area contributed by atoms with Gasteiger partial charge in [0.2, 0.25) is 0 Å². The molecule has 0 unspecified atom stereocenters. The number of nitrogens with zero attached hydrogens (tertiary/aromatic N) is 2. The molecule has 2 aromatic carbocycles. The van der Waals surface area contributed by atoms with E-state index in [1.54, 1.807) is 36.7 Å². The van der Waals surface area contributed by atoms with Gasteiger partial charge in [-0.2, -0.15) is 0 Å². The number of ether oxygens (including phenoxy) is 2. The molecule has 0 spiro atoms. The highest BCUT2D eigenvalue weighted by molar-refractivity contribution is 5.73. The molecular formula is C28H24N2O4. The van der Waals surface area contributed by atoms with Crippen LogP contribution in [0, 0.1) is 0 Å². The number of hydrogen-bond acceptors (Lipinski definition) is 6. The Morgan fingerprint density at radius 2 is 0.971 bits per heavy atom. The number of hydrogen-bond donors (Lipinski definition) is 0. The zero-order valence-electron chi connectivity index (χ0n) is 18.6. The lowest BCUT2D eigenvalue weighted by Gasteiger charge is -2.06. The van der Waals surface area contributed by atoms with E-state index in [1.807, 2.05) is 60.7 Å². The van der Waals surface area contributed by atoms with E-state index in [-0.39, 0.29) is 24.8 Å². The lowest BCUT2D eigenvalue weighted by atomic mass is 10.1. The first-order valence-electron chi connectivity index (χ1n) is 11.1. The van der Waals surface area contributed by atoms with Crippen LogP contribution in [0.5, 0.6) is 11.5 Å². The van der Waals surface area contributed by atoms with Gasteiger partial charge in [-0.25, -0.2) is 0 Å². The second-order valence-electron chi connectivity index (χ2n) is 7.68. The number of benzene rings is 2. The molecule has 170 valence electrons. The summed E-state index contributed by atoms with van der Waals surface area (Å²) in [4.78, 5) is 33.0. The molecule has 0 bridgehead atoms. The van der Waals surface area contributed by atoms with Gasteiger partial charge in [0, 0.05) is 12.4 Å². The largest absolute Gasteiger partial charge is 0.427 e. The molecule has 34 heavy (non-hydrogen) atoms. The summed E-state index contributed by atoms with van der Waals surface area (Å²) in [7, 11) is 0. The third kappa shape index (κ3) is 6.84. The molecule has 6 nitrogen and oxygen atoms in total. The van der Waals surface area contributed by atoms with Gasteiger partial charge in [-0.15, -0.1) is 0 Å². The summed E-state index contributed by atoms with van der Waals surface area (Å²) < 4.78 is 10.6. The third-order valence-corrected chi connectivity index (χ3v) is 5.10. The molecule has 0 atom stereocenters. The predicted octanol–water partition coefficient (Wildman–Crippen LogP) is 5.22. The van der Waals surface area contributed by atoms with Crippen LogP contribution in [0.25, 0.3) is 11.4 Å². The minimum absolute atomic E-state index is 0.273. The molecule has 0 aliphatic carbocycles. The molecule has 0 aliphatic heterocycles. The number of carbonyl (C=O) groups is 2. The summed E-state index contributed by atoms with van der Waals surface area (Å²) in [6.07, 6.45) is 5.14. The summed E-state index contributed by atoms with van der Waals surface area (Å²) in [5.74, 6) is 0.535. The highest BCUT2D eigenvalue weighted by Gasteiger charge is 2.08. The Bertz CT molecular complexity index is 1110. The lowest BCUT2D eigenvalue weighted by molar-refractivity contribution is -0.135. The number of esters is 2. The van der Waals surface area contributed by atoms with E-state index >= 15 is 0 Å². The Balaban J connectivity index is 1.25. The number of para-hydroxylation sites is 2. The van der Waals surface area contributed by atoms with Crippen LogP contribution in [0.2, 0.25) is 0 Å². The molecule has 0 saturated carbocycles. The average molecular weight is 453 g/mol. The fourth-order valence-corrected chi connectivity index (χ4v) is 3.28. The summed E-state index contributed by atoms with van der Waals surface area (Å²) in [6.45, 7) is 0. The van der Waals surface area contributed by atoms with Gasteiger partial charge in [-0.3, -0.25) is 19.6 Å². The van der Waals surface area contributed by atoms with Crippen molar-refractivity contribution in [2.45, 2.75) is 25.7 Å². The van der Waals surface area contributed by atoms with E-state index in [2.05, 4.69) is 9.97 Å². The SMILES string of the molecule is O=C(CCc1ccc(-c2ccc(CCC(=O)Oc3ccccc3)cn2)nc1)Oc1ccccc1. The number of pyridine rings is 2. The van der Waals surface area contributed by atoms with Gasteiger partial charge in [0.15, 0.2) is 0 Å². The van der Waals surface area contributed by atoms with E-state index in [4.69, 9.17) is 9.47 Å². The fraction of sp³-hybridized carbons (Fsp3) is 0.143. The predicted molar refractivity (Wildman–Crippen MR) is 128 cm³/mol. The number of aromatic nitrogens is 2.